The van der Waals surface area contributed by atoms with Crippen LogP contribution in [-0.4, -0.2) is 38.9 Å². The molecular weight excluding hydrogens is 462 g/mol. The van der Waals surface area contributed by atoms with Crippen LogP contribution in [0.5, 0.6) is 23.0 Å². The van der Waals surface area contributed by atoms with E-state index < -0.39 is 11.8 Å². The number of hydrazone groups is 1. The number of carbonyl (C=O) groups excluding carboxylic acids is 2. The number of amides is 2. The average Bonchev–Trinajstić information content (AvgIpc) is 2.88. The standard InChI is InChI=1S/C27H29N3O6/c1-5-35-25-14-19(9-12-23(25)36-17-20-8-6-7-18(2)13-20)16-28-30-27(32)26(31)29-22-11-10-21(33-3)15-24(22)34-4/h6-16H,5,17H2,1-4H3,(H,29,31)(H,30,32)/b28-16+. The Balaban J connectivity index is 1.60. The van der Waals surface area contributed by atoms with Crippen molar-refractivity contribution in [3.63, 3.8) is 0 Å². The number of hydrogen-bond donors (Lipinski definition) is 2. The van der Waals surface area contributed by atoms with Gasteiger partial charge in [0.1, 0.15) is 18.1 Å². The minimum atomic E-state index is -0.938. The number of methoxy groups -OCH3 is 2. The lowest BCUT2D eigenvalue weighted by atomic mass is 10.1. The van der Waals surface area contributed by atoms with Crippen molar-refractivity contribution in [1.82, 2.24) is 5.43 Å². The molecule has 3 rings (SSSR count). The molecule has 0 saturated carbocycles. The van der Waals surface area contributed by atoms with E-state index in [-0.39, 0.29) is 0 Å². The third-order valence-electron chi connectivity index (χ3n) is 4.99. The van der Waals surface area contributed by atoms with Gasteiger partial charge in [-0.15, -0.1) is 0 Å². The largest absolute Gasteiger partial charge is 0.497 e. The van der Waals surface area contributed by atoms with E-state index >= 15 is 0 Å². The number of nitrogens with zero attached hydrogens (tertiary/aromatic N) is 1. The predicted molar refractivity (Wildman–Crippen MR) is 137 cm³/mol. The molecule has 2 amide bonds. The maximum Gasteiger partial charge on any atom is 0.329 e. The summed E-state index contributed by atoms with van der Waals surface area (Å²) in [5.74, 6) is 0.207. The summed E-state index contributed by atoms with van der Waals surface area (Å²) in [5, 5.41) is 6.36. The van der Waals surface area contributed by atoms with Gasteiger partial charge in [0.15, 0.2) is 11.5 Å². The van der Waals surface area contributed by atoms with Crippen molar-refractivity contribution < 1.29 is 28.5 Å². The van der Waals surface area contributed by atoms with Crippen molar-refractivity contribution >= 4 is 23.7 Å². The minimum Gasteiger partial charge on any atom is -0.497 e. The molecule has 3 aromatic rings. The van der Waals surface area contributed by atoms with Crippen molar-refractivity contribution in [2.75, 3.05) is 26.1 Å². The fourth-order valence-electron chi connectivity index (χ4n) is 3.25. The first-order valence-electron chi connectivity index (χ1n) is 11.2. The van der Waals surface area contributed by atoms with E-state index in [1.54, 1.807) is 36.4 Å². The van der Waals surface area contributed by atoms with Crippen molar-refractivity contribution in [3.8, 4) is 23.0 Å². The van der Waals surface area contributed by atoms with Gasteiger partial charge in [0.2, 0.25) is 0 Å². The van der Waals surface area contributed by atoms with Gasteiger partial charge in [-0.3, -0.25) is 9.59 Å². The molecule has 0 atom stereocenters. The van der Waals surface area contributed by atoms with Gasteiger partial charge in [0, 0.05) is 6.07 Å². The molecule has 3 aromatic carbocycles. The van der Waals surface area contributed by atoms with E-state index in [0.717, 1.165) is 11.1 Å². The second kappa shape index (κ2) is 12.8. The molecule has 0 radical (unpaired) electrons. The highest BCUT2D eigenvalue weighted by Crippen LogP contribution is 2.30. The van der Waals surface area contributed by atoms with Gasteiger partial charge in [0.05, 0.1) is 32.7 Å². The molecule has 0 aliphatic rings. The Morgan fingerprint density at radius 3 is 2.44 bits per heavy atom. The van der Waals surface area contributed by atoms with Crippen LogP contribution in [-0.2, 0) is 16.2 Å². The fraction of sp³-hybridized carbons (Fsp3) is 0.222. The van der Waals surface area contributed by atoms with Crippen LogP contribution in [0.3, 0.4) is 0 Å². The van der Waals surface area contributed by atoms with Crippen LogP contribution in [0, 0.1) is 6.92 Å². The van der Waals surface area contributed by atoms with Gasteiger partial charge >= 0.3 is 11.8 Å². The van der Waals surface area contributed by atoms with Gasteiger partial charge in [-0.2, -0.15) is 5.10 Å². The van der Waals surface area contributed by atoms with Gasteiger partial charge in [-0.05, 0) is 55.3 Å². The van der Waals surface area contributed by atoms with Crippen LogP contribution in [0.4, 0.5) is 5.69 Å². The highest BCUT2D eigenvalue weighted by atomic mass is 16.5. The molecule has 36 heavy (non-hydrogen) atoms. The van der Waals surface area contributed by atoms with Gasteiger partial charge in [0.25, 0.3) is 0 Å². The van der Waals surface area contributed by atoms with E-state index in [1.165, 1.54) is 20.4 Å². The Labute approximate surface area is 210 Å². The normalized spacial score (nSPS) is 10.6. The molecule has 0 saturated heterocycles. The van der Waals surface area contributed by atoms with Crippen LogP contribution in [0.1, 0.15) is 23.6 Å². The molecule has 9 heteroatoms. The van der Waals surface area contributed by atoms with Crippen LogP contribution < -0.4 is 29.7 Å². The van der Waals surface area contributed by atoms with Crippen LogP contribution in [0.2, 0.25) is 0 Å². The summed E-state index contributed by atoms with van der Waals surface area (Å²) in [7, 11) is 2.96. The molecular formula is C27H29N3O6. The number of benzene rings is 3. The Morgan fingerprint density at radius 2 is 1.72 bits per heavy atom. The number of rotatable bonds is 10. The Morgan fingerprint density at radius 1 is 0.889 bits per heavy atom. The predicted octanol–water partition coefficient (Wildman–Crippen LogP) is 4.08. The highest BCUT2D eigenvalue weighted by molar-refractivity contribution is 6.39. The summed E-state index contributed by atoms with van der Waals surface area (Å²) in [6.45, 7) is 4.76. The van der Waals surface area contributed by atoms with E-state index in [4.69, 9.17) is 18.9 Å². The second-order valence-electron chi connectivity index (χ2n) is 7.64. The number of carbonyl (C=O) groups is 2. The molecule has 0 fully saturated rings. The highest BCUT2D eigenvalue weighted by Gasteiger charge is 2.16. The molecule has 0 heterocycles. The first-order chi connectivity index (χ1) is 17.4. The molecule has 0 aromatic heterocycles. The molecule has 0 aliphatic heterocycles. The molecule has 188 valence electrons. The lowest BCUT2D eigenvalue weighted by Crippen LogP contribution is -2.32. The third kappa shape index (κ3) is 7.23. The monoisotopic (exact) mass is 491 g/mol. The molecule has 2 N–H and O–H groups in total. The summed E-state index contributed by atoms with van der Waals surface area (Å²) >= 11 is 0. The quantitative estimate of drug-likeness (QED) is 0.251. The zero-order valence-electron chi connectivity index (χ0n) is 20.7. The van der Waals surface area contributed by atoms with Gasteiger partial charge in [-0.1, -0.05) is 29.8 Å². The minimum absolute atomic E-state index is 0.324. The fourth-order valence-corrected chi connectivity index (χ4v) is 3.25. The maximum absolute atomic E-state index is 12.3. The Bertz CT molecular complexity index is 1240. The maximum atomic E-state index is 12.3. The summed E-state index contributed by atoms with van der Waals surface area (Å²) in [6, 6.07) is 18.2. The van der Waals surface area contributed by atoms with Crippen LogP contribution in [0.25, 0.3) is 0 Å². The Kier molecular flexibility index (Phi) is 9.27. The van der Waals surface area contributed by atoms with Crippen molar-refractivity contribution in [2.45, 2.75) is 20.5 Å². The van der Waals surface area contributed by atoms with E-state index in [1.807, 2.05) is 32.0 Å². The average molecular weight is 492 g/mol. The number of hydrogen-bond acceptors (Lipinski definition) is 7. The number of anilines is 1. The van der Waals surface area contributed by atoms with E-state index in [2.05, 4.69) is 21.9 Å². The van der Waals surface area contributed by atoms with Crippen molar-refractivity contribution in [2.24, 2.45) is 5.10 Å². The number of ether oxygens (including phenoxy) is 4. The molecule has 0 bridgehead atoms. The smallest absolute Gasteiger partial charge is 0.329 e. The molecule has 9 nitrogen and oxygen atoms in total. The zero-order chi connectivity index (χ0) is 25.9. The third-order valence-corrected chi connectivity index (χ3v) is 4.99. The van der Waals surface area contributed by atoms with E-state index in [9.17, 15) is 9.59 Å². The molecule has 0 unspecified atom stereocenters. The SMILES string of the molecule is CCOc1cc(/C=N/NC(=O)C(=O)Nc2ccc(OC)cc2OC)ccc1OCc1cccc(C)c1. The summed E-state index contributed by atoms with van der Waals surface area (Å²) < 4.78 is 22.0. The summed E-state index contributed by atoms with van der Waals surface area (Å²) in [4.78, 5) is 24.4. The second-order valence-corrected chi connectivity index (χ2v) is 7.64. The first kappa shape index (κ1) is 26.1. The number of aryl methyl sites for hydroxylation is 1. The van der Waals surface area contributed by atoms with E-state index in [0.29, 0.717) is 47.5 Å². The lowest BCUT2D eigenvalue weighted by molar-refractivity contribution is -0.136. The first-order valence-corrected chi connectivity index (χ1v) is 11.2. The van der Waals surface area contributed by atoms with Crippen LogP contribution in [0.15, 0.2) is 65.8 Å². The van der Waals surface area contributed by atoms with Crippen molar-refractivity contribution in [1.29, 1.82) is 0 Å². The lowest BCUT2D eigenvalue weighted by Gasteiger charge is -2.13. The molecule has 0 spiro atoms. The topological polar surface area (TPSA) is 107 Å². The molecule has 0 aliphatic carbocycles. The van der Waals surface area contributed by atoms with Crippen LogP contribution >= 0.6 is 0 Å². The Hall–Kier alpha value is -4.53. The summed E-state index contributed by atoms with van der Waals surface area (Å²) in [5.41, 5.74) is 5.40. The van der Waals surface area contributed by atoms with Gasteiger partial charge in [-0.25, -0.2) is 5.43 Å². The van der Waals surface area contributed by atoms with Crippen molar-refractivity contribution in [3.05, 3.63) is 77.4 Å². The number of nitrogens with one attached hydrogen (secondary N) is 2. The summed E-state index contributed by atoms with van der Waals surface area (Å²) in [6.07, 6.45) is 1.41. The zero-order valence-corrected chi connectivity index (χ0v) is 20.7. The van der Waals surface area contributed by atoms with Gasteiger partial charge < -0.3 is 24.3 Å².